The Balaban J connectivity index is 1.68. The third-order valence-corrected chi connectivity index (χ3v) is 5.35. The molecule has 3 aromatic carbocycles. The second-order valence-electron chi connectivity index (χ2n) is 6.99. The monoisotopic (exact) mass is 493 g/mol. The SMILES string of the molecule is CCOc1cc(/C=C2\N=C(c3ccc4ccccc4c3)OC2=O)cc(Br)c1OC(=O)CC. The number of hydrogen-bond donors (Lipinski definition) is 0. The van der Waals surface area contributed by atoms with Crippen molar-refractivity contribution in [2.24, 2.45) is 4.99 Å². The molecule has 0 saturated heterocycles. The van der Waals surface area contributed by atoms with Crippen molar-refractivity contribution in [2.75, 3.05) is 6.61 Å². The smallest absolute Gasteiger partial charge is 0.363 e. The first kappa shape index (κ1) is 21.8. The van der Waals surface area contributed by atoms with E-state index in [9.17, 15) is 9.59 Å². The number of aliphatic imine (C=N–C) groups is 1. The predicted octanol–water partition coefficient (Wildman–Crippen LogP) is 5.66. The molecule has 0 unspecified atom stereocenters. The molecule has 0 aromatic heterocycles. The predicted molar refractivity (Wildman–Crippen MR) is 126 cm³/mol. The molecule has 162 valence electrons. The minimum atomic E-state index is -0.538. The van der Waals surface area contributed by atoms with Crippen LogP contribution < -0.4 is 9.47 Å². The molecular formula is C25H20BrNO5. The maximum atomic E-state index is 12.5. The fraction of sp³-hybridized carbons (Fsp3) is 0.160. The number of halogens is 1. The molecule has 32 heavy (non-hydrogen) atoms. The Kier molecular flexibility index (Phi) is 6.37. The number of hydrogen-bond acceptors (Lipinski definition) is 6. The van der Waals surface area contributed by atoms with Crippen LogP contribution >= 0.6 is 15.9 Å². The van der Waals surface area contributed by atoms with Gasteiger partial charge in [0.2, 0.25) is 5.90 Å². The van der Waals surface area contributed by atoms with Crippen LogP contribution in [0.1, 0.15) is 31.4 Å². The van der Waals surface area contributed by atoms with Gasteiger partial charge in [0.25, 0.3) is 0 Å². The lowest BCUT2D eigenvalue weighted by atomic mass is 10.1. The summed E-state index contributed by atoms with van der Waals surface area (Å²) in [5.41, 5.74) is 1.53. The van der Waals surface area contributed by atoms with Crippen LogP contribution in [-0.2, 0) is 14.3 Å². The molecule has 0 spiro atoms. The molecule has 1 heterocycles. The van der Waals surface area contributed by atoms with E-state index in [1.165, 1.54) is 0 Å². The maximum Gasteiger partial charge on any atom is 0.363 e. The molecular weight excluding hydrogens is 474 g/mol. The van der Waals surface area contributed by atoms with E-state index < -0.39 is 5.97 Å². The van der Waals surface area contributed by atoms with Gasteiger partial charge in [0.05, 0.1) is 11.1 Å². The van der Waals surface area contributed by atoms with Crippen molar-refractivity contribution in [1.29, 1.82) is 0 Å². The average molecular weight is 494 g/mol. The largest absolute Gasteiger partial charge is 0.490 e. The van der Waals surface area contributed by atoms with Gasteiger partial charge in [0, 0.05) is 12.0 Å². The fourth-order valence-corrected chi connectivity index (χ4v) is 3.77. The highest BCUT2D eigenvalue weighted by Crippen LogP contribution is 2.38. The van der Waals surface area contributed by atoms with Gasteiger partial charge < -0.3 is 14.2 Å². The summed E-state index contributed by atoms with van der Waals surface area (Å²) in [6.45, 7) is 3.93. The van der Waals surface area contributed by atoms with Gasteiger partial charge in [-0.1, -0.05) is 37.3 Å². The Morgan fingerprint density at radius 2 is 1.88 bits per heavy atom. The zero-order valence-electron chi connectivity index (χ0n) is 17.6. The number of carbonyl (C=O) groups is 2. The number of rotatable bonds is 6. The normalized spacial score (nSPS) is 14.4. The number of ether oxygens (including phenoxy) is 3. The van der Waals surface area contributed by atoms with Crippen LogP contribution in [0.2, 0.25) is 0 Å². The number of carbonyl (C=O) groups excluding carboxylic acids is 2. The van der Waals surface area contributed by atoms with Gasteiger partial charge >= 0.3 is 11.9 Å². The molecule has 0 atom stereocenters. The third kappa shape index (κ3) is 4.57. The second kappa shape index (κ2) is 9.36. The first-order valence-electron chi connectivity index (χ1n) is 10.2. The summed E-state index contributed by atoms with van der Waals surface area (Å²) in [7, 11) is 0. The summed E-state index contributed by atoms with van der Waals surface area (Å²) in [6, 6.07) is 17.1. The molecule has 0 saturated carbocycles. The summed E-state index contributed by atoms with van der Waals surface area (Å²) < 4.78 is 17.0. The van der Waals surface area contributed by atoms with Crippen molar-refractivity contribution in [1.82, 2.24) is 0 Å². The molecule has 3 aromatic rings. The van der Waals surface area contributed by atoms with E-state index in [1.54, 1.807) is 25.1 Å². The van der Waals surface area contributed by atoms with Crippen LogP contribution in [0.4, 0.5) is 0 Å². The van der Waals surface area contributed by atoms with E-state index in [1.807, 2.05) is 49.4 Å². The highest BCUT2D eigenvalue weighted by molar-refractivity contribution is 9.10. The molecule has 0 amide bonds. The van der Waals surface area contributed by atoms with Crippen molar-refractivity contribution in [2.45, 2.75) is 20.3 Å². The van der Waals surface area contributed by atoms with Gasteiger partial charge in [0.1, 0.15) is 0 Å². The summed E-state index contributed by atoms with van der Waals surface area (Å²) in [5.74, 6) is 0.0332. The van der Waals surface area contributed by atoms with E-state index in [-0.39, 0.29) is 24.0 Å². The molecule has 0 N–H and O–H groups in total. The van der Waals surface area contributed by atoms with E-state index in [0.29, 0.717) is 28.1 Å². The lowest BCUT2D eigenvalue weighted by molar-refractivity contribution is -0.134. The Bertz CT molecular complexity index is 1280. The van der Waals surface area contributed by atoms with E-state index in [2.05, 4.69) is 20.9 Å². The Morgan fingerprint density at radius 1 is 1.09 bits per heavy atom. The summed E-state index contributed by atoms with van der Waals surface area (Å²) >= 11 is 3.42. The third-order valence-electron chi connectivity index (χ3n) is 4.76. The number of cyclic esters (lactones) is 1. The van der Waals surface area contributed by atoms with Gasteiger partial charge in [-0.25, -0.2) is 9.79 Å². The highest BCUT2D eigenvalue weighted by atomic mass is 79.9. The lowest BCUT2D eigenvalue weighted by Gasteiger charge is -2.13. The molecule has 6 nitrogen and oxygen atoms in total. The minimum Gasteiger partial charge on any atom is -0.490 e. The topological polar surface area (TPSA) is 74.2 Å². The first-order valence-corrected chi connectivity index (χ1v) is 11.0. The molecule has 1 aliphatic rings. The van der Waals surface area contributed by atoms with Crippen LogP contribution in [-0.4, -0.2) is 24.4 Å². The van der Waals surface area contributed by atoms with Crippen LogP contribution in [0.25, 0.3) is 16.8 Å². The van der Waals surface area contributed by atoms with Crippen molar-refractivity contribution in [3.8, 4) is 11.5 Å². The van der Waals surface area contributed by atoms with E-state index in [0.717, 1.165) is 16.3 Å². The zero-order chi connectivity index (χ0) is 22.7. The van der Waals surface area contributed by atoms with Gasteiger partial charge in [-0.2, -0.15) is 0 Å². The van der Waals surface area contributed by atoms with Gasteiger partial charge in [-0.3, -0.25) is 4.79 Å². The Labute approximate surface area is 193 Å². The fourth-order valence-electron chi connectivity index (χ4n) is 3.23. The van der Waals surface area contributed by atoms with Gasteiger partial charge in [-0.15, -0.1) is 0 Å². The molecule has 7 heteroatoms. The second-order valence-corrected chi connectivity index (χ2v) is 7.84. The standard InChI is InChI=1S/C25H20BrNO5/c1-3-22(28)31-23-19(26)11-15(13-21(23)30-4-2)12-20-25(29)32-24(27-20)18-10-9-16-7-5-6-8-17(16)14-18/h5-14H,3-4H2,1-2H3/b20-12-. The summed E-state index contributed by atoms with van der Waals surface area (Å²) in [6.07, 6.45) is 1.84. The Morgan fingerprint density at radius 3 is 2.62 bits per heavy atom. The molecule has 0 bridgehead atoms. The highest BCUT2D eigenvalue weighted by Gasteiger charge is 2.25. The molecule has 0 radical (unpaired) electrons. The first-order chi connectivity index (χ1) is 15.5. The molecule has 0 aliphatic carbocycles. The molecule has 1 aliphatic heterocycles. The molecule has 4 rings (SSSR count). The van der Waals surface area contributed by atoms with Crippen molar-refractivity contribution < 1.29 is 23.8 Å². The minimum absolute atomic E-state index is 0.167. The van der Waals surface area contributed by atoms with E-state index in [4.69, 9.17) is 14.2 Å². The van der Waals surface area contributed by atoms with Crippen LogP contribution in [0.15, 0.2) is 69.8 Å². The van der Waals surface area contributed by atoms with Crippen LogP contribution in [0.3, 0.4) is 0 Å². The molecule has 0 fully saturated rings. The number of fused-ring (bicyclic) bond motifs is 1. The zero-order valence-corrected chi connectivity index (χ0v) is 19.1. The quantitative estimate of drug-likeness (QED) is 0.251. The Hall–Kier alpha value is -3.45. The van der Waals surface area contributed by atoms with Crippen LogP contribution in [0.5, 0.6) is 11.5 Å². The number of nitrogens with zero attached hydrogens (tertiary/aromatic N) is 1. The number of esters is 2. The lowest BCUT2D eigenvalue weighted by Crippen LogP contribution is -2.08. The van der Waals surface area contributed by atoms with Crippen molar-refractivity contribution in [3.63, 3.8) is 0 Å². The van der Waals surface area contributed by atoms with Crippen LogP contribution in [0, 0.1) is 0 Å². The summed E-state index contributed by atoms with van der Waals surface area (Å²) in [5, 5.41) is 2.12. The van der Waals surface area contributed by atoms with Crippen molar-refractivity contribution in [3.05, 3.63) is 75.9 Å². The van der Waals surface area contributed by atoms with E-state index >= 15 is 0 Å². The van der Waals surface area contributed by atoms with Gasteiger partial charge in [0.15, 0.2) is 17.2 Å². The average Bonchev–Trinajstić information content (AvgIpc) is 3.16. The van der Waals surface area contributed by atoms with Crippen molar-refractivity contribution >= 4 is 50.6 Å². The number of benzene rings is 3. The maximum absolute atomic E-state index is 12.5. The summed E-state index contributed by atoms with van der Waals surface area (Å²) in [4.78, 5) is 28.6. The van der Waals surface area contributed by atoms with Gasteiger partial charge in [-0.05, 0) is 69.5 Å².